The molecule has 0 aliphatic carbocycles. The lowest BCUT2D eigenvalue weighted by atomic mass is 10.2. The molecule has 1 atom stereocenters. The van der Waals surface area contributed by atoms with Gasteiger partial charge in [0.1, 0.15) is 0 Å². The summed E-state index contributed by atoms with van der Waals surface area (Å²) in [4.78, 5) is 4.36. The van der Waals surface area contributed by atoms with E-state index in [9.17, 15) is 0 Å². The summed E-state index contributed by atoms with van der Waals surface area (Å²) < 4.78 is 0. The molecule has 0 radical (unpaired) electrons. The predicted octanol–water partition coefficient (Wildman–Crippen LogP) is 2.01. The molecule has 2 aromatic rings. The summed E-state index contributed by atoms with van der Waals surface area (Å²) in [5, 5.41) is 8.07. The topological polar surface area (TPSA) is 37.0 Å². The van der Waals surface area contributed by atoms with Gasteiger partial charge in [0.25, 0.3) is 0 Å². The van der Waals surface area contributed by atoms with Crippen LogP contribution in [-0.4, -0.2) is 24.1 Å². The van der Waals surface area contributed by atoms with Gasteiger partial charge in [0.15, 0.2) is 0 Å². The van der Waals surface area contributed by atoms with E-state index in [-0.39, 0.29) is 0 Å². The number of fused-ring (bicyclic) bond motifs is 1. The quantitative estimate of drug-likeness (QED) is 0.801. The fourth-order valence-corrected chi connectivity index (χ4v) is 2.17. The van der Waals surface area contributed by atoms with E-state index in [1.807, 2.05) is 12.3 Å². The van der Waals surface area contributed by atoms with Crippen LogP contribution in [0.3, 0.4) is 0 Å². The highest BCUT2D eigenvalue weighted by atomic mass is 15.0. The number of nitrogens with one attached hydrogen (secondary N) is 2. The van der Waals surface area contributed by atoms with Gasteiger partial charge >= 0.3 is 0 Å². The molecule has 0 unspecified atom stereocenters. The van der Waals surface area contributed by atoms with Crippen molar-refractivity contribution in [3.05, 3.63) is 36.5 Å². The Labute approximate surface area is 94.9 Å². The Kier molecular flexibility index (Phi) is 2.46. The number of hydrogen-bond acceptors (Lipinski definition) is 3. The summed E-state index contributed by atoms with van der Waals surface area (Å²) in [6.07, 6.45) is 3.03. The van der Waals surface area contributed by atoms with Crippen LogP contribution in [-0.2, 0) is 0 Å². The van der Waals surface area contributed by atoms with Gasteiger partial charge in [-0.05, 0) is 31.2 Å². The van der Waals surface area contributed by atoms with Gasteiger partial charge in [0.2, 0.25) is 0 Å². The molecule has 0 saturated carbocycles. The van der Waals surface area contributed by atoms with E-state index in [2.05, 4.69) is 39.9 Å². The van der Waals surface area contributed by atoms with Crippen LogP contribution < -0.4 is 10.6 Å². The van der Waals surface area contributed by atoms with Gasteiger partial charge in [0.05, 0.1) is 5.52 Å². The molecule has 2 heterocycles. The Balaban J connectivity index is 1.86. The van der Waals surface area contributed by atoms with Crippen LogP contribution in [0.5, 0.6) is 0 Å². The Morgan fingerprint density at radius 2 is 2.31 bits per heavy atom. The van der Waals surface area contributed by atoms with E-state index in [0.29, 0.717) is 6.04 Å². The molecule has 82 valence electrons. The minimum absolute atomic E-state index is 0.557. The van der Waals surface area contributed by atoms with Crippen LogP contribution in [0.2, 0.25) is 0 Å². The Hall–Kier alpha value is -1.61. The first-order valence-corrected chi connectivity index (χ1v) is 5.74. The van der Waals surface area contributed by atoms with Crippen molar-refractivity contribution in [2.75, 3.05) is 18.4 Å². The van der Waals surface area contributed by atoms with E-state index >= 15 is 0 Å². The second-order valence-corrected chi connectivity index (χ2v) is 4.24. The van der Waals surface area contributed by atoms with Gasteiger partial charge in [-0.1, -0.05) is 12.1 Å². The van der Waals surface area contributed by atoms with Crippen LogP contribution in [0, 0.1) is 0 Å². The second-order valence-electron chi connectivity index (χ2n) is 4.24. The third-order valence-electron chi connectivity index (χ3n) is 3.04. The number of anilines is 1. The first-order chi connectivity index (χ1) is 7.92. The molecule has 0 spiro atoms. The lowest BCUT2D eigenvalue weighted by Crippen LogP contribution is -2.21. The van der Waals surface area contributed by atoms with Crippen molar-refractivity contribution >= 4 is 16.6 Å². The zero-order valence-corrected chi connectivity index (χ0v) is 9.11. The van der Waals surface area contributed by atoms with E-state index in [4.69, 9.17) is 0 Å². The number of rotatable bonds is 2. The van der Waals surface area contributed by atoms with Crippen LogP contribution in [0.15, 0.2) is 36.5 Å². The van der Waals surface area contributed by atoms with Crippen molar-refractivity contribution in [3.63, 3.8) is 0 Å². The predicted molar refractivity (Wildman–Crippen MR) is 66.6 cm³/mol. The van der Waals surface area contributed by atoms with Crippen LogP contribution in [0.1, 0.15) is 6.42 Å². The van der Waals surface area contributed by atoms with E-state index in [0.717, 1.165) is 18.6 Å². The highest BCUT2D eigenvalue weighted by molar-refractivity contribution is 5.81. The van der Waals surface area contributed by atoms with Gasteiger partial charge in [0, 0.05) is 29.9 Å². The van der Waals surface area contributed by atoms with Crippen LogP contribution in [0.4, 0.5) is 5.69 Å². The first kappa shape index (κ1) is 9.60. The molecule has 3 heteroatoms. The standard InChI is InChI=1S/C13H15N3/c1-2-10-3-4-11(8-13(10)15-6-1)16-12-5-7-14-9-12/h1-4,6,8,12,14,16H,5,7,9H2/t12-/m0/s1. The summed E-state index contributed by atoms with van der Waals surface area (Å²) in [7, 11) is 0. The number of hydrogen-bond donors (Lipinski definition) is 2. The number of benzene rings is 1. The Morgan fingerprint density at radius 1 is 1.31 bits per heavy atom. The molecule has 3 nitrogen and oxygen atoms in total. The fourth-order valence-electron chi connectivity index (χ4n) is 2.17. The zero-order chi connectivity index (χ0) is 10.8. The van der Waals surface area contributed by atoms with Crippen LogP contribution in [0.25, 0.3) is 10.9 Å². The minimum Gasteiger partial charge on any atom is -0.381 e. The van der Waals surface area contributed by atoms with E-state index < -0.39 is 0 Å². The maximum Gasteiger partial charge on any atom is 0.0722 e. The molecule has 0 bridgehead atoms. The SMILES string of the molecule is c1cnc2cc(N[C@H]3CCNC3)ccc2c1. The molecule has 3 rings (SSSR count). The van der Waals surface area contributed by atoms with Crippen molar-refractivity contribution in [2.45, 2.75) is 12.5 Å². The van der Waals surface area contributed by atoms with Crippen molar-refractivity contribution in [1.29, 1.82) is 0 Å². The molecule has 0 amide bonds. The Bertz CT molecular complexity index is 489. The molecule has 1 saturated heterocycles. The molecule has 1 aliphatic rings. The van der Waals surface area contributed by atoms with Crippen molar-refractivity contribution in [2.24, 2.45) is 0 Å². The fraction of sp³-hybridized carbons (Fsp3) is 0.308. The highest BCUT2D eigenvalue weighted by Crippen LogP contribution is 2.18. The smallest absolute Gasteiger partial charge is 0.0722 e. The minimum atomic E-state index is 0.557. The van der Waals surface area contributed by atoms with Gasteiger partial charge in [-0.15, -0.1) is 0 Å². The van der Waals surface area contributed by atoms with Gasteiger partial charge in [-0.2, -0.15) is 0 Å². The maximum atomic E-state index is 4.36. The van der Waals surface area contributed by atoms with E-state index in [1.165, 1.54) is 17.5 Å². The molecule has 2 N–H and O–H groups in total. The summed E-state index contributed by atoms with van der Waals surface area (Å²) in [6.45, 7) is 2.17. The number of aromatic nitrogens is 1. The number of pyridine rings is 1. The first-order valence-electron chi connectivity index (χ1n) is 5.74. The molecule has 1 aromatic heterocycles. The lowest BCUT2D eigenvalue weighted by Gasteiger charge is -2.13. The molecule has 1 aliphatic heterocycles. The zero-order valence-electron chi connectivity index (χ0n) is 9.11. The third kappa shape index (κ3) is 1.86. The molecule has 16 heavy (non-hydrogen) atoms. The summed E-state index contributed by atoms with van der Waals surface area (Å²) in [5.41, 5.74) is 2.22. The molecule has 1 aromatic carbocycles. The summed E-state index contributed by atoms with van der Waals surface area (Å²) >= 11 is 0. The van der Waals surface area contributed by atoms with Gasteiger partial charge in [-0.3, -0.25) is 4.98 Å². The normalized spacial score (nSPS) is 20.1. The van der Waals surface area contributed by atoms with Crippen molar-refractivity contribution in [3.8, 4) is 0 Å². The lowest BCUT2D eigenvalue weighted by molar-refractivity contribution is 0.793. The Morgan fingerprint density at radius 3 is 3.19 bits per heavy atom. The third-order valence-corrected chi connectivity index (χ3v) is 3.04. The average molecular weight is 213 g/mol. The maximum absolute atomic E-state index is 4.36. The van der Waals surface area contributed by atoms with Crippen molar-refractivity contribution < 1.29 is 0 Å². The monoisotopic (exact) mass is 213 g/mol. The van der Waals surface area contributed by atoms with Gasteiger partial charge < -0.3 is 10.6 Å². The molecule has 1 fully saturated rings. The second kappa shape index (κ2) is 4.10. The summed E-state index contributed by atoms with van der Waals surface area (Å²) in [5.74, 6) is 0. The highest BCUT2D eigenvalue weighted by Gasteiger charge is 2.13. The summed E-state index contributed by atoms with van der Waals surface area (Å²) in [6, 6.07) is 11.0. The number of nitrogens with zero attached hydrogens (tertiary/aromatic N) is 1. The molecular formula is C13H15N3. The molecular weight excluding hydrogens is 198 g/mol. The van der Waals surface area contributed by atoms with Crippen LogP contribution >= 0.6 is 0 Å². The van der Waals surface area contributed by atoms with Crippen molar-refractivity contribution in [1.82, 2.24) is 10.3 Å². The largest absolute Gasteiger partial charge is 0.381 e. The van der Waals surface area contributed by atoms with E-state index in [1.54, 1.807) is 0 Å². The average Bonchev–Trinajstić information content (AvgIpc) is 2.82. The van der Waals surface area contributed by atoms with Gasteiger partial charge in [-0.25, -0.2) is 0 Å².